The molecule has 5 unspecified atom stereocenters. The zero-order chi connectivity index (χ0) is 25.7. The molecule has 0 bridgehead atoms. The van der Waals surface area contributed by atoms with E-state index >= 15 is 0 Å². The van der Waals surface area contributed by atoms with Crippen LogP contribution in [0.1, 0.15) is 79.1 Å². The van der Waals surface area contributed by atoms with E-state index < -0.39 is 0 Å². The summed E-state index contributed by atoms with van der Waals surface area (Å²) in [4.78, 5) is 7.37. The average molecular weight is 493 g/mol. The Kier molecular flexibility index (Phi) is 5.54. The quantitative estimate of drug-likeness (QED) is 0.529. The summed E-state index contributed by atoms with van der Waals surface area (Å²) in [6.45, 7) is 22.8. The number of aliphatic hydroxyl groups is 1. The fraction of sp³-hybridized carbons (Fsp3) is 0.774. The number of piperidine rings is 1. The molecule has 6 aliphatic rings. The summed E-state index contributed by atoms with van der Waals surface area (Å²) in [5, 5.41) is 10.4. The third-order valence-electron chi connectivity index (χ3n) is 12.4. The minimum Gasteiger partial charge on any atom is -0.393 e. The predicted molar refractivity (Wildman–Crippen MR) is 145 cm³/mol. The predicted octanol–water partition coefficient (Wildman–Crippen LogP) is 5.07. The molecule has 4 fully saturated rings. The lowest BCUT2D eigenvalue weighted by atomic mass is 9.52. The SMILES string of the molecule is C#[N+][C@]12CC3=C(C)C4(CC[C@H]3C1CC=C1CC(O)CCC12C)O[C@@H]1CC(=C)CN(CCN)C1(C)[C@H]4C. The number of aliphatic hydroxyl groups excluding tert-OH is 1. The van der Waals surface area contributed by atoms with Crippen LogP contribution in [0.3, 0.4) is 0 Å². The second-order valence-electron chi connectivity index (χ2n) is 13.4. The van der Waals surface area contributed by atoms with Crippen LogP contribution in [0.5, 0.6) is 0 Å². The molecular formula is C31H46N3O2+. The molecule has 36 heavy (non-hydrogen) atoms. The number of ether oxygens (including phenoxy) is 1. The molecule has 5 heteroatoms. The Morgan fingerprint density at radius 3 is 2.78 bits per heavy atom. The number of nitrogens with zero attached hydrogens (tertiary/aromatic N) is 2. The molecule has 2 heterocycles. The van der Waals surface area contributed by atoms with Crippen LogP contribution in [-0.4, -0.2) is 58.5 Å². The van der Waals surface area contributed by atoms with Gasteiger partial charge in [-0.15, -0.1) is 0 Å². The van der Waals surface area contributed by atoms with Gasteiger partial charge in [0.25, 0.3) is 12.1 Å². The summed E-state index contributed by atoms with van der Waals surface area (Å²) in [7, 11) is 0. The third kappa shape index (κ3) is 2.85. The molecule has 0 aromatic heterocycles. The summed E-state index contributed by atoms with van der Waals surface area (Å²) >= 11 is 0. The number of rotatable bonds is 2. The summed E-state index contributed by atoms with van der Waals surface area (Å²) < 4.78 is 7.23. The molecule has 2 saturated heterocycles. The lowest BCUT2D eigenvalue weighted by Crippen LogP contribution is -2.61. The van der Waals surface area contributed by atoms with Crippen molar-refractivity contribution < 1.29 is 9.84 Å². The van der Waals surface area contributed by atoms with E-state index in [2.05, 4.69) is 45.2 Å². The number of allylic oxidation sites excluding steroid dienone is 1. The van der Waals surface area contributed by atoms with Gasteiger partial charge in [0, 0.05) is 25.6 Å². The van der Waals surface area contributed by atoms with Crippen molar-refractivity contribution in [2.45, 2.75) is 108 Å². The van der Waals surface area contributed by atoms with Gasteiger partial charge in [-0.3, -0.25) is 4.90 Å². The molecule has 0 amide bonds. The normalized spacial score (nSPS) is 50.3. The Hall–Kier alpha value is -1.45. The third-order valence-corrected chi connectivity index (χ3v) is 12.4. The molecule has 3 N–H and O–H groups in total. The molecule has 0 radical (unpaired) electrons. The van der Waals surface area contributed by atoms with Crippen LogP contribution in [0.25, 0.3) is 4.85 Å². The lowest BCUT2D eigenvalue weighted by molar-refractivity contribution is -0.0606. The van der Waals surface area contributed by atoms with E-state index in [1.807, 2.05) is 0 Å². The molecule has 9 atom stereocenters. The Labute approximate surface area is 217 Å². The minimum absolute atomic E-state index is 0.0449. The summed E-state index contributed by atoms with van der Waals surface area (Å²) in [5.41, 5.74) is 11.1. The summed E-state index contributed by atoms with van der Waals surface area (Å²) in [5.74, 6) is 1.33. The standard InChI is InChI=1S/C31H46N3O2/c1-19-15-27-29(5,34(18-19)14-13-32)21(3)30(36-27)12-10-24-25(20(30)2)17-31(33-6)26(24)8-7-22-16-23(35)9-11-28(22,31)4/h6-7,21,23-24,26-27,35H,1,8-18,32H2,2-5H3/q+1/t21-,23?,24-,26?,27-,28?,29?,30?,31-/m1/s1. The largest absolute Gasteiger partial charge is 0.393 e. The maximum Gasteiger partial charge on any atom is 0.296 e. The maximum absolute atomic E-state index is 10.4. The van der Waals surface area contributed by atoms with Gasteiger partial charge in [0.15, 0.2) is 0 Å². The number of fused-ring (bicyclic) bond motifs is 6. The smallest absolute Gasteiger partial charge is 0.296 e. The second-order valence-corrected chi connectivity index (χ2v) is 13.4. The van der Waals surface area contributed by atoms with Crippen LogP contribution in [-0.2, 0) is 4.74 Å². The summed E-state index contributed by atoms with van der Waals surface area (Å²) in [6.07, 6.45) is 10.0. The van der Waals surface area contributed by atoms with Crippen LogP contribution in [0.4, 0.5) is 0 Å². The van der Waals surface area contributed by atoms with E-state index in [0.29, 0.717) is 24.3 Å². The molecule has 6 rings (SSSR count). The van der Waals surface area contributed by atoms with Crippen molar-refractivity contribution in [1.29, 1.82) is 0 Å². The number of likely N-dealkylation sites (tertiary alicyclic amines) is 1. The topological polar surface area (TPSA) is 63.1 Å². The zero-order valence-corrected chi connectivity index (χ0v) is 22.9. The fourth-order valence-electron chi connectivity index (χ4n) is 10.1. The first-order valence-corrected chi connectivity index (χ1v) is 14.4. The van der Waals surface area contributed by atoms with Gasteiger partial charge in [-0.05, 0) is 77.2 Å². The first kappa shape index (κ1) is 24.9. The first-order valence-electron chi connectivity index (χ1n) is 14.4. The van der Waals surface area contributed by atoms with Crippen molar-refractivity contribution in [2.24, 2.45) is 28.9 Å². The van der Waals surface area contributed by atoms with Crippen LogP contribution < -0.4 is 5.73 Å². The molecule has 2 aliphatic heterocycles. The highest BCUT2D eigenvalue weighted by Crippen LogP contribution is 2.69. The van der Waals surface area contributed by atoms with Crippen molar-refractivity contribution in [3.63, 3.8) is 0 Å². The van der Waals surface area contributed by atoms with Crippen molar-refractivity contribution in [2.75, 3.05) is 19.6 Å². The Morgan fingerprint density at radius 2 is 2.06 bits per heavy atom. The van der Waals surface area contributed by atoms with Gasteiger partial charge in [-0.25, -0.2) is 0 Å². The summed E-state index contributed by atoms with van der Waals surface area (Å²) in [6, 6.07) is 0. The molecular weight excluding hydrogens is 446 g/mol. The average Bonchev–Trinajstić information content (AvgIpc) is 3.30. The highest BCUT2D eigenvalue weighted by atomic mass is 16.5. The van der Waals surface area contributed by atoms with Crippen LogP contribution in [0.2, 0.25) is 0 Å². The van der Waals surface area contributed by atoms with E-state index in [0.717, 1.165) is 64.5 Å². The molecule has 1 spiro atoms. The monoisotopic (exact) mass is 492 g/mol. The molecule has 0 aromatic rings. The number of nitrogens with two attached hydrogens (primary N) is 1. The van der Waals surface area contributed by atoms with E-state index in [1.165, 1.54) is 16.7 Å². The molecule has 4 aliphatic carbocycles. The van der Waals surface area contributed by atoms with Crippen molar-refractivity contribution >= 4 is 0 Å². The van der Waals surface area contributed by atoms with Gasteiger partial charge in [0.1, 0.15) is 0 Å². The highest BCUT2D eigenvalue weighted by molar-refractivity contribution is 5.46. The van der Waals surface area contributed by atoms with Gasteiger partial charge in [-0.1, -0.05) is 41.1 Å². The highest BCUT2D eigenvalue weighted by Gasteiger charge is 2.73. The molecule has 5 nitrogen and oxygen atoms in total. The van der Waals surface area contributed by atoms with Crippen molar-refractivity contribution in [3.05, 3.63) is 39.8 Å². The van der Waals surface area contributed by atoms with Gasteiger partial charge >= 0.3 is 0 Å². The van der Waals surface area contributed by atoms with Gasteiger partial charge in [0.2, 0.25) is 0 Å². The van der Waals surface area contributed by atoms with Gasteiger partial charge < -0.3 is 15.6 Å². The van der Waals surface area contributed by atoms with Crippen LogP contribution in [0, 0.1) is 29.7 Å². The second kappa shape index (κ2) is 8.03. The first-order chi connectivity index (χ1) is 17.1. The van der Waals surface area contributed by atoms with E-state index in [-0.39, 0.29) is 34.3 Å². The Bertz CT molecular complexity index is 1090. The van der Waals surface area contributed by atoms with Crippen molar-refractivity contribution in [1.82, 2.24) is 4.90 Å². The Balaban J connectivity index is 1.42. The molecule has 0 aromatic carbocycles. The van der Waals surface area contributed by atoms with Gasteiger partial charge in [0.05, 0.1) is 41.1 Å². The van der Waals surface area contributed by atoms with E-state index in [9.17, 15) is 5.11 Å². The number of hydrogen-bond donors (Lipinski definition) is 2. The molecule has 196 valence electrons. The minimum atomic E-state index is -0.275. The van der Waals surface area contributed by atoms with Crippen LogP contribution >= 0.6 is 0 Å². The van der Waals surface area contributed by atoms with E-state index in [1.54, 1.807) is 5.57 Å². The maximum atomic E-state index is 10.4. The van der Waals surface area contributed by atoms with Crippen molar-refractivity contribution in [3.8, 4) is 6.57 Å². The Morgan fingerprint density at radius 1 is 1.28 bits per heavy atom. The number of hydrogen-bond acceptors (Lipinski definition) is 4. The fourth-order valence-corrected chi connectivity index (χ4v) is 10.1. The molecule has 2 saturated carbocycles. The van der Waals surface area contributed by atoms with Gasteiger partial charge in [-0.2, -0.15) is 0 Å². The zero-order valence-electron chi connectivity index (χ0n) is 22.9. The van der Waals surface area contributed by atoms with Crippen LogP contribution in [0.15, 0.2) is 34.9 Å². The van der Waals surface area contributed by atoms with E-state index in [4.69, 9.17) is 21.9 Å². The lowest BCUT2D eigenvalue weighted by Gasteiger charge is -2.50.